The van der Waals surface area contributed by atoms with E-state index in [9.17, 15) is 8.78 Å². The molecule has 0 saturated carbocycles. The molecule has 2 nitrogen and oxygen atoms in total. The average molecular weight is 348 g/mol. The van der Waals surface area contributed by atoms with Crippen molar-refractivity contribution in [2.75, 3.05) is 0 Å². The van der Waals surface area contributed by atoms with Gasteiger partial charge in [-0.1, -0.05) is 23.2 Å². The van der Waals surface area contributed by atoms with Crippen LogP contribution in [0.5, 0.6) is 0 Å². The normalized spacial score (nSPS) is 11.3. The van der Waals surface area contributed by atoms with Gasteiger partial charge in [-0.25, -0.2) is 13.8 Å². The fourth-order valence-electron chi connectivity index (χ4n) is 2.12. The lowest BCUT2D eigenvalue weighted by Crippen LogP contribution is -2.00. The quantitative estimate of drug-likeness (QED) is 0.571. The summed E-state index contributed by atoms with van der Waals surface area (Å²) in [5.41, 5.74) is 1.42. The van der Waals surface area contributed by atoms with E-state index in [0.717, 1.165) is 0 Å². The van der Waals surface area contributed by atoms with E-state index >= 15 is 0 Å². The van der Waals surface area contributed by atoms with Gasteiger partial charge in [0.15, 0.2) is 0 Å². The van der Waals surface area contributed by atoms with Crippen molar-refractivity contribution in [1.82, 2.24) is 9.55 Å². The van der Waals surface area contributed by atoms with Crippen LogP contribution >= 0.6 is 34.8 Å². The van der Waals surface area contributed by atoms with Crippen LogP contribution in [0.15, 0.2) is 30.3 Å². The first kappa shape index (κ1) is 14.6. The van der Waals surface area contributed by atoms with E-state index < -0.39 is 11.6 Å². The number of alkyl halides is 1. The van der Waals surface area contributed by atoms with Gasteiger partial charge in [0.05, 0.1) is 32.6 Å². The van der Waals surface area contributed by atoms with Gasteiger partial charge in [-0.3, -0.25) is 4.57 Å². The zero-order valence-electron chi connectivity index (χ0n) is 10.4. The predicted molar refractivity (Wildman–Crippen MR) is 80.6 cm³/mol. The second kappa shape index (κ2) is 5.44. The summed E-state index contributed by atoms with van der Waals surface area (Å²) in [7, 11) is 0. The SMILES string of the molecule is Fc1cc(-n2c(CCl)nc3cc(F)c(Cl)cc32)ccc1Cl. The molecule has 0 aliphatic carbocycles. The number of benzene rings is 2. The summed E-state index contributed by atoms with van der Waals surface area (Å²) < 4.78 is 28.8. The Morgan fingerprint density at radius 3 is 2.38 bits per heavy atom. The number of rotatable bonds is 2. The Labute approximate surface area is 133 Å². The van der Waals surface area contributed by atoms with E-state index in [4.69, 9.17) is 34.8 Å². The molecule has 0 amide bonds. The summed E-state index contributed by atoms with van der Waals surface area (Å²) in [6.45, 7) is 0. The molecule has 0 bridgehead atoms. The van der Waals surface area contributed by atoms with Crippen LogP contribution in [0.4, 0.5) is 8.78 Å². The molecule has 108 valence electrons. The summed E-state index contributed by atoms with van der Waals surface area (Å²) >= 11 is 17.4. The zero-order valence-corrected chi connectivity index (χ0v) is 12.6. The summed E-state index contributed by atoms with van der Waals surface area (Å²) in [5.74, 6) is -0.602. The molecule has 0 N–H and O–H groups in total. The van der Waals surface area contributed by atoms with Gasteiger partial charge in [-0.05, 0) is 24.3 Å². The van der Waals surface area contributed by atoms with E-state index in [1.165, 1.54) is 24.3 Å². The predicted octanol–water partition coefficient (Wildman–Crippen LogP) is 5.35. The lowest BCUT2D eigenvalue weighted by molar-refractivity contribution is 0.626. The molecule has 1 heterocycles. The number of halogens is 5. The highest BCUT2D eigenvalue weighted by Gasteiger charge is 2.15. The van der Waals surface area contributed by atoms with Crippen molar-refractivity contribution in [3.8, 4) is 5.69 Å². The van der Waals surface area contributed by atoms with Gasteiger partial charge in [0.2, 0.25) is 0 Å². The number of fused-ring (bicyclic) bond motifs is 1. The van der Waals surface area contributed by atoms with Gasteiger partial charge in [-0.2, -0.15) is 0 Å². The van der Waals surface area contributed by atoms with Crippen LogP contribution in [0.25, 0.3) is 16.7 Å². The third-order valence-electron chi connectivity index (χ3n) is 3.05. The van der Waals surface area contributed by atoms with E-state index in [2.05, 4.69) is 4.98 Å². The lowest BCUT2D eigenvalue weighted by Gasteiger charge is -2.08. The maximum Gasteiger partial charge on any atom is 0.144 e. The molecule has 2 aromatic carbocycles. The Morgan fingerprint density at radius 2 is 1.71 bits per heavy atom. The number of hydrogen-bond donors (Lipinski definition) is 0. The first-order chi connectivity index (χ1) is 10.0. The van der Waals surface area contributed by atoms with E-state index in [0.29, 0.717) is 22.5 Å². The molecule has 1 aromatic heterocycles. The van der Waals surface area contributed by atoms with Gasteiger partial charge >= 0.3 is 0 Å². The second-order valence-corrected chi connectivity index (χ2v) is 5.43. The monoisotopic (exact) mass is 346 g/mol. The molecule has 7 heteroatoms. The van der Waals surface area contributed by atoms with Crippen LogP contribution in [0, 0.1) is 11.6 Å². The minimum absolute atomic E-state index is 0.0136. The molecule has 3 aromatic rings. The Hall–Kier alpha value is -1.36. The average Bonchev–Trinajstić information content (AvgIpc) is 2.80. The fourth-order valence-corrected chi connectivity index (χ4v) is 2.58. The van der Waals surface area contributed by atoms with E-state index in [1.807, 2.05) is 0 Å². The van der Waals surface area contributed by atoms with Crippen LogP contribution in [-0.4, -0.2) is 9.55 Å². The Balaban J connectivity index is 2.34. The van der Waals surface area contributed by atoms with Crippen LogP contribution in [0.1, 0.15) is 5.82 Å². The molecule has 0 saturated heterocycles. The molecule has 0 unspecified atom stereocenters. The standard InChI is InChI=1S/C14H7Cl3F2N2/c15-6-14-20-12-5-11(19)9(17)4-13(12)21(14)7-1-2-8(16)10(18)3-7/h1-5H,6H2. The van der Waals surface area contributed by atoms with Crippen molar-refractivity contribution in [3.63, 3.8) is 0 Å². The van der Waals surface area contributed by atoms with Gasteiger partial charge in [0.1, 0.15) is 17.5 Å². The van der Waals surface area contributed by atoms with Crippen molar-refractivity contribution < 1.29 is 8.78 Å². The molecular formula is C14H7Cl3F2N2. The van der Waals surface area contributed by atoms with Crippen molar-refractivity contribution in [3.05, 3.63) is 57.8 Å². The maximum atomic E-state index is 13.7. The number of aromatic nitrogens is 2. The second-order valence-electron chi connectivity index (χ2n) is 4.35. The molecule has 21 heavy (non-hydrogen) atoms. The fraction of sp³-hybridized carbons (Fsp3) is 0.0714. The van der Waals surface area contributed by atoms with E-state index in [1.54, 1.807) is 10.6 Å². The first-order valence-corrected chi connectivity index (χ1v) is 7.18. The lowest BCUT2D eigenvalue weighted by atomic mass is 10.2. The highest BCUT2D eigenvalue weighted by atomic mass is 35.5. The zero-order chi connectivity index (χ0) is 15.1. The first-order valence-electron chi connectivity index (χ1n) is 5.89. The molecule has 0 fully saturated rings. The van der Waals surface area contributed by atoms with Crippen LogP contribution in [0.3, 0.4) is 0 Å². The summed E-state index contributed by atoms with van der Waals surface area (Å²) in [5, 5.41) is -0.0288. The smallest absolute Gasteiger partial charge is 0.144 e. The largest absolute Gasteiger partial charge is 0.295 e. The highest BCUT2D eigenvalue weighted by molar-refractivity contribution is 6.31. The van der Waals surface area contributed by atoms with Crippen LogP contribution in [0.2, 0.25) is 10.0 Å². The third kappa shape index (κ3) is 2.48. The highest BCUT2D eigenvalue weighted by Crippen LogP contribution is 2.28. The summed E-state index contributed by atoms with van der Waals surface area (Å²) in [4.78, 5) is 4.24. The number of hydrogen-bond acceptors (Lipinski definition) is 1. The molecule has 0 radical (unpaired) electrons. The Kier molecular flexibility index (Phi) is 3.78. The molecule has 0 aliphatic heterocycles. The number of nitrogens with zero attached hydrogens (tertiary/aromatic N) is 2. The van der Waals surface area contributed by atoms with Crippen molar-refractivity contribution in [2.45, 2.75) is 5.88 Å². The van der Waals surface area contributed by atoms with Crippen molar-refractivity contribution in [2.24, 2.45) is 0 Å². The minimum atomic E-state index is -0.572. The van der Waals surface area contributed by atoms with Gasteiger partial charge < -0.3 is 0 Å². The van der Waals surface area contributed by atoms with Crippen LogP contribution in [-0.2, 0) is 5.88 Å². The topological polar surface area (TPSA) is 17.8 Å². The molecule has 3 rings (SSSR count). The molecule has 0 atom stereocenters. The molecule has 0 spiro atoms. The summed E-state index contributed by atoms with van der Waals surface area (Å²) in [6, 6.07) is 6.97. The third-order valence-corrected chi connectivity index (χ3v) is 3.88. The Bertz CT molecular complexity index is 846. The van der Waals surface area contributed by atoms with E-state index in [-0.39, 0.29) is 15.9 Å². The van der Waals surface area contributed by atoms with Crippen molar-refractivity contribution in [1.29, 1.82) is 0 Å². The summed E-state index contributed by atoms with van der Waals surface area (Å²) in [6.07, 6.45) is 0. The number of imidazole rings is 1. The minimum Gasteiger partial charge on any atom is -0.295 e. The van der Waals surface area contributed by atoms with Gasteiger partial charge in [0.25, 0.3) is 0 Å². The van der Waals surface area contributed by atoms with Crippen LogP contribution < -0.4 is 0 Å². The molecule has 0 aliphatic rings. The Morgan fingerprint density at radius 1 is 1.00 bits per heavy atom. The maximum absolute atomic E-state index is 13.7. The van der Waals surface area contributed by atoms with Gasteiger partial charge in [-0.15, -0.1) is 11.6 Å². The molecular weight excluding hydrogens is 341 g/mol. The van der Waals surface area contributed by atoms with Gasteiger partial charge in [0, 0.05) is 6.07 Å². The van der Waals surface area contributed by atoms with Crippen molar-refractivity contribution >= 4 is 45.8 Å².